The van der Waals surface area contributed by atoms with Crippen molar-refractivity contribution in [3.05, 3.63) is 53.6 Å². The van der Waals surface area contributed by atoms with E-state index in [1.165, 1.54) is 31.2 Å². The monoisotopic (exact) mass is 334 g/mol. The van der Waals surface area contributed by atoms with Crippen molar-refractivity contribution in [1.82, 2.24) is 0 Å². The van der Waals surface area contributed by atoms with Crippen molar-refractivity contribution in [2.75, 3.05) is 17.2 Å². The largest absolute Gasteiger partial charge is 0.492 e. The Labute approximate surface area is 137 Å². The first-order valence-corrected chi connectivity index (χ1v) is 7.21. The van der Waals surface area contributed by atoms with E-state index < -0.39 is 23.4 Å². The van der Waals surface area contributed by atoms with Gasteiger partial charge in [-0.1, -0.05) is 0 Å². The third-order valence-corrected chi connectivity index (χ3v) is 3.03. The molecule has 0 saturated heterocycles. The predicted octanol–water partition coefficient (Wildman–Crippen LogP) is 3.57. The van der Waals surface area contributed by atoms with Gasteiger partial charge in [0.25, 0.3) is 5.91 Å². The highest BCUT2D eigenvalue weighted by Crippen LogP contribution is 2.26. The Bertz CT molecular complexity index is 778. The summed E-state index contributed by atoms with van der Waals surface area (Å²) in [6.07, 6.45) is 0. The number of ether oxygens (including phenoxy) is 1. The van der Waals surface area contributed by atoms with Gasteiger partial charge in [0.15, 0.2) is 0 Å². The lowest BCUT2D eigenvalue weighted by atomic mass is 10.1. The van der Waals surface area contributed by atoms with Crippen molar-refractivity contribution in [3.8, 4) is 5.75 Å². The van der Waals surface area contributed by atoms with Crippen molar-refractivity contribution >= 4 is 23.2 Å². The maximum Gasteiger partial charge on any atom is 0.255 e. The van der Waals surface area contributed by atoms with Crippen LogP contribution in [0.4, 0.5) is 20.2 Å². The van der Waals surface area contributed by atoms with Gasteiger partial charge in [-0.25, -0.2) is 8.78 Å². The van der Waals surface area contributed by atoms with E-state index in [2.05, 4.69) is 10.6 Å². The van der Waals surface area contributed by atoms with E-state index in [4.69, 9.17) is 4.74 Å². The second-order valence-electron chi connectivity index (χ2n) is 4.90. The van der Waals surface area contributed by atoms with Crippen LogP contribution in [0.5, 0.6) is 5.75 Å². The number of halogens is 2. The van der Waals surface area contributed by atoms with Crippen LogP contribution in [0, 0.1) is 11.6 Å². The molecule has 24 heavy (non-hydrogen) atoms. The zero-order valence-corrected chi connectivity index (χ0v) is 13.2. The van der Waals surface area contributed by atoms with Gasteiger partial charge in [-0.05, 0) is 37.3 Å². The molecule has 0 saturated carbocycles. The van der Waals surface area contributed by atoms with Crippen molar-refractivity contribution < 1.29 is 23.1 Å². The number of hydrogen-bond donors (Lipinski definition) is 2. The van der Waals surface area contributed by atoms with Crippen molar-refractivity contribution in [2.24, 2.45) is 0 Å². The predicted molar refractivity (Wildman–Crippen MR) is 86.2 cm³/mol. The second-order valence-corrected chi connectivity index (χ2v) is 4.90. The van der Waals surface area contributed by atoms with Gasteiger partial charge < -0.3 is 15.4 Å². The van der Waals surface area contributed by atoms with Gasteiger partial charge >= 0.3 is 0 Å². The Morgan fingerprint density at radius 2 is 1.79 bits per heavy atom. The molecule has 5 nitrogen and oxygen atoms in total. The van der Waals surface area contributed by atoms with Gasteiger partial charge in [-0.3, -0.25) is 9.59 Å². The summed E-state index contributed by atoms with van der Waals surface area (Å²) in [5.41, 5.74) is 0.151. The summed E-state index contributed by atoms with van der Waals surface area (Å²) in [5.74, 6) is -1.94. The molecule has 0 atom stereocenters. The summed E-state index contributed by atoms with van der Waals surface area (Å²) < 4.78 is 32.3. The molecule has 0 radical (unpaired) electrons. The highest BCUT2D eigenvalue weighted by molar-refractivity contribution is 6.06. The van der Waals surface area contributed by atoms with Gasteiger partial charge in [0.1, 0.15) is 17.4 Å². The molecular weight excluding hydrogens is 318 g/mol. The van der Waals surface area contributed by atoms with Crippen LogP contribution in [-0.2, 0) is 4.79 Å². The van der Waals surface area contributed by atoms with Crippen LogP contribution in [0.3, 0.4) is 0 Å². The smallest absolute Gasteiger partial charge is 0.255 e. The number of nitrogens with one attached hydrogen (secondary N) is 2. The van der Waals surface area contributed by atoms with Crippen LogP contribution < -0.4 is 15.4 Å². The minimum Gasteiger partial charge on any atom is -0.492 e. The molecule has 2 rings (SSSR count). The van der Waals surface area contributed by atoms with Crippen LogP contribution in [0.1, 0.15) is 24.2 Å². The van der Waals surface area contributed by atoms with Crippen LogP contribution >= 0.6 is 0 Å². The molecule has 0 aliphatic carbocycles. The third-order valence-electron chi connectivity index (χ3n) is 3.03. The van der Waals surface area contributed by atoms with Crippen molar-refractivity contribution in [1.29, 1.82) is 0 Å². The molecule has 2 amide bonds. The third kappa shape index (κ3) is 4.28. The Hall–Kier alpha value is -2.96. The molecule has 2 aromatic rings. The number of amides is 2. The SMILES string of the molecule is CCOc1ccc(F)cc1NC(=O)c1ccc(F)c(NC(C)=O)c1. The van der Waals surface area contributed by atoms with Crippen LogP contribution in [0.25, 0.3) is 0 Å². The molecule has 0 aromatic heterocycles. The molecule has 0 bridgehead atoms. The zero-order valence-electron chi connectivity index (χ0n) is 13.2. The van der Waals surface area contributed by atoms with Gasteiger partial charge in [-0.15, -0.1) is 0 Å². The molecule has 126 valence electrons. The molecule has 0 unspecified atom stereocenters. The summed E-state index contributed by atoms with van der Waals surface area (Å²) >= 11 is 0. The molecule has 7 heteroatoms. The minimum absolute atomic E-state index is 0.104. The normalized spacial score (nSPS) is 10.2. The van der Waals surface area contributed by atoms with E-state index >= 15 is 0 Å². The first-order chi connectivity index (χ1) is 11.4. The Balaban J connectivity index is 2.27. The fraction of sp³-hybridized carbons (Fsp3) is 0.176. The number of benzene rings is 2. The Morgan fingerprint density at radius 3 is 2.46 bits per heavy atom. The topological polar surface area (TPSA) is 67.4 Å². The maximum atomic E-state index is 13.6. The number of rotatable bonds is 5. The number of anilines is 2. The van der Waals surface area contributed by atoms with E-state index in [0.717, 1.165) is 12.1 Å². The minimum atomic E-state index is -0.664. The molecular formula is C17H16F2N2O3. The van der Waals surface area contributed by atoms with E-state index in [1.807, 2.05) is 0 Å². The van der Waals surface area contributed by atoms with Crippen LogP contribution in [-0.4, -0.2) is 18.4 Å². The molecule has 2 N–H and O–H groups in total. The maximum absolute atomic E-state index is 13.6. The Kier molecular flexibility index (Phi) is 5.47. The first-order valence-electron chi connectivity index (χ1n) is 7.21. The standard InChI is InChI=1S/C17H16F2N2O3/c1-3-24-16-7-5-12(18)9-15(16)21-17(23)11-4-6-13(19)14(8-11)20-10(2)22/h4-9H,3H2,1-2H3,(H,20,22)(H,21,23). The van der Waals surface area contributed by atoms with Crippen LogP contribution in [0.2, 0.25) is 0 Å². The summed E-state index contributed by atoms with van der Waals surface area (Å²) in [5, 5.41) is 4.81. The van der Waals surface area contributed by atoms with Gasteiger partial charge in [0.2, 0.25) is 5.91 Å². The molecule has 0 aliphatic heterocycles. The van der Waals surface area contributed by atoms with E-state index in [-0.39, 0.29) is 16.9 Å². The summed E-state index contributed by atoms with van der Waals surface area (Å²) in [7, 11) is 0. The highest BCUT2D eigenvalue weighted by Gasteiger charge is 2.14. The molecule has 0 spiro atoms. The second kappa shape index (κ2) is 7.54. The lowest BCUT2D eigenvalue weighted by Crippen LogP contribution is -2.15. The molecule has 0 aliphatic rings. The quantitative estimate of drug-likeness (QED) is 0.878. The number of hydrogen-bond acceptors (Lipinski definition) is 3. The lowest BCUT2D eigenvalue weighted by molar-refractivity contribution is -0.114. The average molecular weight is 334 g/mol. The number of carbonyl (C=O) groups excluding carboxylic acids is 2. The van der Waals surface area contributed by atoms with E-state index in [9.17, 15) is 18.4 Å². The van der Waals surface area contributed by atoms with Gasteiger partial charge in [0, 0.05) is 18.6 Å². The first kappa shape index (κ1) is 17.4. The Morgan fingerprint density at radius 1 is 1.04 bits per heavy atom. The molecule has 0 fully saturated rings. The summed E-state index contributed by atoms with van der Waals surface area (Å²) in [6, 6.07) is 7.27. The van der Waals surface area contributed by atoms with E-state index in [0.29, 0.717) is 12.4 Å². The zero-order chi connectivity index (χ0) is 17.7. The summed E-state index contributed by atoms with van der Waals surface area (Å²) in [4.78, 5) is 23.4. The fourth-order valence-electron chi connectivity index (χ4n) is 2.03. The highest BCUT2D eigenvalue weighted by atomic mass is 19.1. The van der Waals surface area contributed by atoms with Gasteiger partial charge in [0.05, 0.1) is 18.0 Å². The number of carbonyl (C=O) groups is 2. The van der Waals surface area contributed by atoms with Gasteiger partial charge in [-0.2, -0.15) is 0 Å². The average Bonchev–Trinajstić information content (AvgIpc) is 2.51. The molecule has 2 aromatic carbocycles. The summed E-state index contributed by atoms with van der Waals surface area (Å²) in [6.45, 7) is 3.33. The fourth-order valence-corrected chi connectivity index (χ4v) is 2.03. The van der Waals surface area contributed by atoms with Crippen molar-refractivity contribution in [2.45, 2.75) is 13.8 Å². The van der Waals surface area contributed by atoms with Crippen LogP contribution in [0.15, 0.2) is 36.4 Å². The van der Waals surface area contributed by atoms with Crippen molar-refractivity contribution in [3.63, 3.8) is 0 Å². The lowest BCUT2D eigenvalue weighted by Gasteiger charge is -2.12. The van der Waals surface area contributed by atoms with E-state index in [1.54, 1.807) is 6.92 Å². The molecule has 0 heterocycles.